The minimum Gasteiger partial charge on any atom is -0.446 e. The average Bonchev–Trinajstić information content (AvgIpc) is 2.67. The molecule has 1 unspecified atom stereocenters. The van der Waals surface area contributed by atoms with Crippen LogP contribution < -0.4 is 0 Å². The summed E-state index contributed by atoms with van der Waals surface area (Å²) in [6.45, 7) is 2.10. The third-order valence-electron chi connectivity index (χ3n) is 2.72. The normalized spacial score (nSPS) is 19.6. The summed E-state index contributed by atoms with van der Waals surface area (Å²) in [5.74, 6) is 0.0384. The Labute approximate surface area is 91.0 Å². The second-order valence-electron chi connectivity index (χ2n) is 3.97. The molecule has 1 atom stereocenters. The molecule has 0 aromatic rings. The van der Waals surface area contributed by atoms with Crippen molar-refractivity contribution in [3.63, 3.8) is 0 Å². The van der Waals surface area contributed by atoms with E-state index in [1.807, 2.05) is 0 Å². The highest BCUT2D eigenvalue weighted by atomic mass is 35.5. The van der Waals surface area contributed by atoms with Gasteiger partial charge in [-0.15, -0.1) is 0 Å². The van der Waals surface area contributed by atoms with Gasteiger partial charge in [0.2, 0.25) is 0 Å². The third-order valence-corrected chi connectivity index (χ3v) is 3.02. The van der Waals surface area contributed by atoms with Crippen LogP contribution in [0.5, 0.6) is 0 Å². The number of alkyl halides is 1. The first kappa shape index (κ1) is 11.8. The van der Waals surface area contributed by atoms with Gasteiger partial charge in [-0.05, 0) is 25.7 Å². The lowest BCUT2D eigenvalue weighted by atomic mass is 10.1. The predicted molar refractivity (Wildman–Crippen MR) is 57.2 cm³/mol. The summed E-state index contributed by atoms with van der Waals surface area (Å²) < 4.78 is 5.16. The monoisotopic (exact) mass is 218 g/mol. The number of carbonyl (C=O) groups excluding carboxylic acids is 1. The molecule has 1 aliphatic rings. The molecule has 0 aromatic heterocycles. The molecule has 0 bridgehead atoms. The molecule has 0 heterocycles. The first-order chi connectivity index (χ1) is 6.74. The van der Waals surface area contributed by atoms with Crippen LogP contribution in [0.25, 0.3) is 0 Å². The maximum atomic E-state index is 11.5. The van der Waals surface area contributed by atoms with Crippen LogP contribution in [-0.4, -0.2) is 11.5 Å². The van der Waals surface area contributed by atoms with Crippen LogP contribution in [0.3, 0.4) is 0 Å². The summed E-state index contributed by atoms with van der Waals surface area (Å²) >= 11 is 5.89. The number of esters is 1. The van der Waals surface area contributed by atoms with Crippen molar-refractivity contribution in [2.45, 2.75) is 57.4 Å². The molecular formula is C11H19ClO2. The second kappa shape index (κ2) is 6.28. The van der Waals surface area contributed by atoms with Gasteiger partial charge in [0.1, 0.15) is 0 Å². The number of carbonyl (C=O) groups is 1. The zero-order valence-corrected chi connectivity index (χ0v) is 9.55. The van der Waals surface area contributed by atoms with Gasteiger partial charge in [-0.2, -0.15) is 0 Å². The summed E-state index contributed by atoms with van der Waals surface area (Å²) in [7, 11) is 0. The molecule has 0 N–H and O–H groups in total. The van der Waals surface area contributed by atoms with E-state index in [9.17, 15) is 4.79 Å². The molecule has 0 spiro atoms. The van der Waals surface area contributed by atoms with Crippen molar-refractivity contribution in [1.82, 2.24) is 0 Å². The molecule has 1 rings (SSSR count). The number of halogens is 1. The van der Waals surface area contributed by atoms with E-state index in [0.29, 0.717) is 0 Å². The maximum absolute atomic E-state index is 11.5. The highest BCUT2D eigenvalue weighted by Crippen LogP contribution is 2.26. The Balaban J connectivity index is 2.18. The quantitative estimate of drug-likeness (QED) is 0.522. The van der Waals surface area contributed by atoms with E-state index < -0.39 is 5.56 Å². The summed E-state index contributed by atoms with van der Waals surface area (Å²) in [5.41, 5.74) is -0.414. The molecule has 82 valence electrons. The second-order valence-corrected chi connectivity index (χ2v) is 4.46. The molecule has 0 aliphatic heterocycles. The third kappa shape index (κ3) is 3.87. The zero-order chi connectivity index (χ0) is 10.4. The SMILES string of the molecule is CCCCC(Cl)OC(=O)C1CCCC1. The van der Waals surface area contributed by atoms with E-state index in [4.69, 9.17) is 16.3 Å². The van der Waals surface area contributed by atoms with Crippen molar-refractivity contribution in [3.05, 3.63) is 0 Å². The highest BCUT2D eigenvalue weighted by molar-refractivity contribution is 6.20. The molecule has 14 heavy (non-hydrogen) atoms. The van der Waals surface area contributed by atoms with Crippen molar-refractivity contribution < 1.29 is 9.53 Å². The topological polar surface area (TPSA) is 26.3 Å². The van der Waals surface area contributed by atoms with Gasteiger partial charge >= 0.3 is 5.97 Å². The Bertz CT molecular complexity index is 176. The fourth-order valence-corrected chi connectivity index (χ4v) is 2.05. The Kier molecular flexibility index (Phi) is 5.31. The summed E-state index contributed by atoms with van der Waals surface area (Å²) in [5, 5.41) is 0. The van der Waals surface area contributed by atoms with Crippen molar-refractivity contribution in [3.8, 4) is 0 Å². The molecular weight excluding hydrogens is 200 g/mol. The van der Waals surface area contributed by atoms with Crippen molar-refractivity contribution >= 4 is 17.6 Å². The average molecular weight is 219 g/mol. The predicted octanol–water partition coefficient (Wildman–Crippen LogP) is 3.47. The standard InChI is InChI=1S/C11H19ClO2/c1-2-3-8-10(12)14-11(13)9-6-4-5-7-9/h9-10H,2-8H2,1H3. The largest absolute Gasteiger partial charge is 0.446 e. The van der Waals surface area contributed by atoms with E-state index in [2.05, 4.69) is 6.92 Å². The van der Waals surface area contributed by atoms with Gasteiger partial charge in [0.15, 0.2) is 5.56 Å². The first-order valence-corrected chi connectivity index (χ1v) is 6.02. The minimum absolute atomic E-state index is 0.0846. The summed E-state index contributed by atoms with van der Waals surface area (Å²) in [6, 6.07) is 0. The number of unbranched alkanes of at least 4 members (excludes halogenated alkanes) is 1. The van der Waals surface area contributed by atoms with Gasteiger partial charge in [0.05, 0.1) is 5.92 Å². The van der Waals surface area contributed by atoms with Gasteiger partial charge in [-0.25, -0.2) is 0 Å². The molecule has 0 saturated heterocycles. The number of rotatable bonds is 5. The van der Waals surface area contributed by atoms with E-state index >= 15 is 0 Å². The Morgan fingerprint density at radius 3 is 2.71 bits per heavy atom. The van der Waals surface area contributed by atoms with Crippen molar-refractivity contribution in [2.75, 3.05) is 0 Å². The van der Waals surface area contributed by atoms with Gasteiger partial charge in [-0.3, -0.25) is 4.79 Å². The van der Waals surface area contributed by atoms with Crippen LogP contribution in [0.15, 0.2) is 0 Å². The minimum atomic E-state index is -0.414. The number of hydrogen-bond acceptors (Lipinski definition) is 2. The van der Waals surface area contributed by atoms with Crippen LogP contribution in [0.1, 0.15) is 51.9 Å². The van der Waals surface area contributed by atoms with E-state index in [1.165, 1.54) is 0 Å². The zero-order valence-electron chi connectivity index (χ0n) is 8.80. The fourth-order valence-electron chi connectivity index (χ4n) is 1.81. The summed E-state index contributed by atoms with van der Waals surface area (Å²) in [4.78, 5) is 11.5. The smallest absolute Gasteiger partial charge is 0.310 e. The van der Waals surface area contributed by atoms with Gasteiger partial charge in [0.25, 0.3) is 0 Å². The molecule has 0 aromatic carbocycles. The summed E-state index contributed by atoms with van der Waals surface area (Å²) in [6.07, 6.45) is 7.16. The van der Waals surface area contributed by atoms with Crippen LogP contribution in [0.4, 0.5) is 0 Å². The molecule has 1 aliphatic carbocycles. The lowest BCUT2D eigenvalue weighted by Crippen LogP contribution is -2.19. The lowest BCUT2D eigenvalue weighted by Gasteiger charge is -2.13. The molecule has 3 heteroatoms. The Morgan fingerprint density at radius 2 is 2.14 bits per heavy atom. The maximum Gasteiger partial charge on any atom is 0.310 e. The Morgan fingerprint density at radius 1 is 1.50 bits per heavy atom. The highest BCUT2D eigenvalue weighted by Gasteiger charge is 2.25. The Hall–Kier alpha value is -0.240. The number of hydrogen-bond donors (Lipinski definition) is 0. The van der Waals surface area contributed by atoms with Crippen molar-refractivity contribution in [2.24, 2.45) is 5.92 Å². The molecule has 0 radical (unpaired) electrons. The van der Waals surface area contributed by atoms with Gasteiger partial charge in [-0.1, -0.05) is 37.8 Å². The fraction of sp³-hybridized carbons (Fsp3) is 0.909. The van der Waals surface area contributed by atoms with E-state index in [-0.39, 0.29) is 11.9 Å². The van der Waals surface area contributed by atoms with Gasteiger partial charge < -0.3 is 4.74 Å². The van der Waals surface area contributed by atoms with Crippen LogP contribution in [0, 0.1) is 5.92 Å². The van der Waals surface area contributed by atoms with E-state index in [0.717, 1.165) is 44.9 Å². The van der Waals surface area contributed by atoms with Crippen LogP contribution in [0.2, 0.25) is 0 Å². The molecule has 1 fully saturated rings. The first-order valence-electron chi connectivity index (χ1n) is 5.58. The van der Waals surface area contributed by atoms with Crippen molar-refractivity contribution in [1.29, 1.82) is 0 Å². The lowest BCUT2D eigenvalue weighted by molar-refractivity contribution is -0.150. The molecule has 0 amide bonds. The van der Waals surface area contributed by atoms with Crippen LogP contribution >= 0.6 is 11.6 Å². The van der Waals surface area contributed by atoms with Crippen LogP contribution in [-0.2, 0) is 9.53 Å². The van der Waals surface area contributed by atoms with Gasteiger partial charge in [0, 0.05) is 0 Å². The molecule has 1 saturated carbocycles. The van der Waals surface area contributed by atoms with E-state index in [1.54, 1.807) is 0 Å². The molecule has 2 nitrogen and oxygen atoms in total. The number of ether oxygens (including phenoxy) is 1.